The Labute approximate surface area is 75.4 Å². The van der Waals surface area contributed by atoms with Crippen molar-refractivity contribution in [1.82, 2.24) is 5.32 Å². The summed E-state index contributed by atoms with van der Waals surface area (Å²) in [5.41, 5.74) is -0.329. The summed E-state index contributed by atoms with van der Waals surface area (Å²) in [6.45, 7) is 3.19. The first-order valence-corrected chi connectivity index (χ1v) is 5.07. The SMILES string of the molecule is CC[C@]1(O)CC[C@H](CNC)CC1. The highest BCUT2D eigenvalue weighted by molar-refractivity contribution is 4.84. The molecule has 1 aliphatic rings. The van der Waals surface area contributed by atoms with Gasteiger partial charge in [0.1, 0.15) is 0 Å². The van der Waals surface area contributed by atoms with Crippen molar-refractivity contribution in [2.75, 3.05) is 13.6 Å². The van der Waals surface area contributed by atoms with Gasteiger partial charge in [-0.3, -0.25) is 0 Å². The Morgan fingerprint density at radius 2 is 2.00 bits per heavy atom. The maximum atomic E-state index is 9.95. The van der Waals surface area contributed by atoms with Crippen molar-refractivity contribution in [3.8, 4) is 0 Å². The number of nitrogens with one attached hydrogen (secondary N) is 1. The van der Waals surface area contributed by atoms with Gasteiger partial charge in [-0.1, -0.05) is 6.92 Å². The van der Waals surface area contributed by atoms with E-state index in [4.69, 9.17) is 0 Å². The fraction of sp³-hybridized carbons (Fsp3) is 1.00. The van der Waals surface area contributed by atoms with E-state index >= 15 is 0 Å². The molecule has 0 aromatic carbocycles. The van der Waals surface area contributed by atoms with Gasteiger partial charge < -0.3 is 10.4 Å². The third-order valence-corrected chi connectivity index (χ3v) is 3.19. The second kappa shape index (κ2) is 4.24. The van der Waals surface area contributed by atoms with Crippen LogP contribution in [0.15, 0.2) is 0 Å². The fourth-order valence-electron chi connectivity index (χ4n) is 2.06. The minimum atomic E-state index is -0.329. The number of aliphatic hydroxyl groups is 1. The van der Waals surface area contributed by atoms with Crippen molar-refractivity contribution in [1.29, 1.82) is 0 Å². The molecule has 0 aliphatic heterocycles. The van der Waals surface area contributed by atoms with Crippen molar-refractivity contribution in [3.63, 3.8) is 0 Å². The lowest BCUT2D eigenvalue weighted by Gasteiger charge is -2.35. The van der Waals surface area contributed by atoms with E-state index in [1.807, 2.05) is 7.05 Å². The van der Waals surface area contributed by atoms with Gasteiger partial charge in [0.05, 0.1) is 5.60 Å². The van der Waals surface area contributed by atoms with Crippen LogP contribution in [0.4, 0.5) is 0 Å². The van der Waals surface area contributed by atoms with Crippen LogP contribution in [0.25, 0.3) is 0 Å². The van der Waals surface area contributed by atoms with Crippen molar-refractivity contribution in [2.24, 2.45) is 5.92 Å². The van der Waals surface area contributed by atoms with Crippen LogP contribution in [0.2, 0.25) is 0 Å². The third kappa shape index (κ3) is 2.46. The summed E-state index contributed by atoms with van der Waals surface area (Å²) in [6, 6.07) is 0. The van der Waals surface area contributed by atoms with Gasteiger partial charge in [0.15, 0.2) is 0 Å². The van der Waals surface area contributed by atoms with Crippen LogP contribution < -0.4 is 5.32 Å². The Bertz CT molecular complexity index is 128. The molecule has 72 valence electrons. The monoisotopic (exact) mass is 171 g/mol. The standard InChI is InChI=1S/C10H21NO/c1-3-10(12)6-4-9(5-7-10)8-11-2/h9,11-12H,3-8H2,1-2H3/t9-,10-. The summed E-state index contributed by atoms with van der Waals surface area (Å²) in [7, 11) is 2.00. The molecule has 1 aliphatic carbocycles. The highest BCUT2D eigenvalue weighted by Crippen LogP contribution is 2.33. The Hall–Kier alpha value is -0.0800. The summed E-state index contributed by atoms with van der Waals surface area (Å²) >= 11 is 0. The molecule has 0 atom stereocenters. The van der Waals surface area contributed by atoms with Gasteiger partial charge in [-0.2, -0.15) is 0 Å². The lowest BCUT2D eigenvalue weighted by atomic mass is 9.77. The quantitative estimate of drug-likeness (QED) is 0.675. The zero-order chi connectivity index (χ0) is 9.03. The average molecular weight is 171 g/mol. The molecule has 1 fully saturated rings. The van der Waals surface area contributed by atoms with E-state index in [1.165, 1.54) is 12.8 Å². The van der Waals surface area contributed by atoms with E-state index in [1.54, 1.807) is 0 Å². The van der Waals surface area contributed by atoms with E-state index in [0.29, 0.717) is 0 Å². The van der Waals surface area contributed by atoms with Crippen molar-refractivity contribution < 1.29 is 5.11 Å². The Morgan fingerprint density at radius 3 is 2.42 bits per heavy atom. The highest BCUT2D eigenvalue weighted by Gasteiger charge is 2.30. The Morgan fingerprint density at radius 1 is 1.42 bits per heavy atom. The molecule has 2 N–H and O–H groups in total. The Kier molecular flexibility index (Phi) is 3.53. The molecule has 1 rings (SSSR count). The van der Waals surface area contributed by atoms with E-state index in [0.717, 1.165) is 31.7 Å². The van der Waals surface area contributed by atoms with Crippen LogP contribution >= 0.6 is 0 Å². The summed E-state index contributed by atoms with van der Waals surface area (Å²) in [4.78, 5) is 0. The van der Waals surface area contributed by atoms with Gasteiger partial charge in [0.2, 0.25) is 0 Å². The zero-order valence-electron chi connectivity index (χ0n) is 8.27. The average Bonchev–Trinajstić information content (AvgIpc) is 2.10. The highest BCUT2D eigenvalue weighted by atomic mass is 16.3. The molecule has 1 saturated carbocycles. The van der Waals surface area contributed by atoms with Gasteiger partial charge in [0.25, 0.3) is 0 Å². The zero-order valence-corrected chi connectivity index (χ0v) is 8.27. The van der Waals surface area contributed by atoms with E-state index in [-0.39, 0.29) is 5.60 Å². The van der Waals surface area contributed by atoms with Crippen molar-refractivity contribution >= 4 is 0 Å². The summed E-state index contributed by atoms with van der Waals surface area (Å²) in [5, 5.41) is 13.1. The van der Waals surface area contributed by atoms with Gasteiger partial charge in [-0.05, 0) is 51.6 Å². The molecule has 0 aromatic rings. The first-order chi connectivity index (χ1) is 5.70. The van der Waals surface area contributed by atoms with Gasteiger partial charge in [0, 0.05) is 0 Å². The van der Waals surface area contributed by atoms with Crippen LogP contribution in [-0.2, 0) is 0 Å². The molecule has 2 heteroatoms. The lowest BCUT2D eigenvalue weighted by molar-refractivity contribution is -0.0120. The number of hydrogen-bond acceptors (Lipinski definition) is 2. The Balaban J connectivity index is 2.29. The van der Waals surface area contributed by atoms with Crippen LogP contribution in [0.5, 0.6) is 0 Å². The van der Waals surface area contributed by atoms with E-state index < -0.39 is 0 Å². The molecular formula is C10H21NO. The molecule has 0 saturated heterocycles. The van der Waals surface area contributed by atoms with Crippen LogP contribution in [0.3, 0.4) is 0 Å². The molecule has 0 aromatic heterocycles. The second-order valence-corrected chi connectivity index (χ2v) is 4.08. The molecular weight excluding hydrogens is 150 g/mol. The molecule has 0 heterocycles. The van der Waals surface area contributed by atoms with Crippen LogP contribution in [0, 0.1) is 5.92 Å². The maximum absolute atomic E-state index is 9.95. The largest absolute Gasteiger partial charge is 0.390 e. The van der Waals surface area contributed by atoms with Crippen LogP contribution in [0.1, 0.15) is 39.0 Å². The predicted octanol–water partition coefficient (Wildman–Crippen LogP) is 1.54. The number of hydrogen-bond donors (Lipinski definition) is 2. The number of rotatable bonds is 3. The lowest BCUT2D eigenvalue weighted by Crippen LogP contribution is -2.35. The molecule has 0 spiro atoms. The molecule has 2 nitrogen and oxygen atoms in total. The second-order valence-electron chi connectivity index (χ2n) is 4.08. The molecule has 12 heavy (non-hydrogen) atoms. The summed E-state index contributed by atoms with van der Waals surface area (Å²) in [5.74, 6) is 0.793. The molecule has 0 radical (unpaired) electrons. The van der Waals surface area contributed by atoms with E-state index in [9.17, 15) is 5.11 Å². The van der Waals surface area contributed by atoms with Crippen molar-refractivity contribution in [2.45, 2.75) is 44.6 Å². The molecule has 0 bridgehead atoms. The maximum Gasteiger partial charge on any atom is 0.0645 e. The predicted molar refractivity (Wildman–Crippen MR) is 51.1 cm³/mol. The van der Waals surface area contributed by atoms with Crippen LogP contribution in [-0.4, -0.2) is 24.3 Å². The normalized spacial score (nSPS) is 36.8. The minimum absolute atomic E-state index is 0.329. The smallest absolute Gasteiger partial charge is 0.0645 e. The summed E-state index contributed by atoms with van der Waals surface area (Å²) in [6.07, 6.45) is 5.28. The molecule has 0 unspecified atom stereocenters. The first kappa shape index (κ1) is 10.0. The van der Waals surface area contributed by atoms with Gasteiger partial charge >= 0.3 is 0 Å². The van der Waals surface area contributed by atoms with E-state index in [2.05, 4.69) is 12.2 Å². The van der Waals surface area contributed by atoms with Gasteiger partial charge in [-0.15, -0.1) is 0 Å². The first-order valence-electron chi connectivity index (χ1n) is 5.07. The minimum Gasteiger partial charge on any atom is -0.390 e. The van der Waals surface area contributed by atoms with Gasteiger partial charge in [-0.25, -0.2) is 0 Å². The third-order valence-electron chi connectivity index (χ3n) is 3.19. The summed E-state index contributed by atoms with van der Waals surface area (Å²) < 4.78 is 0. The topological polar surface area (TPSA) is 32.3 Å². The fourth-order valence-corrected chi connectivity index (χ4v) is 2.06. The molecule has 0 amide bonds. The van der Waals surface area contributed by atoms with Crippen molar-refractivity contribution in [3.05, 3.63) is 0 Å².